The normalized spacial score (nSPS) is 10.7. The highest BCUT2D eigenvalue weighted by molar-refractivity contribution is 5.95. The van der Waals surface area contributed by atoms with E-state index in [2.05, 4.69) is 13.8 Å². The number of aryl methyl sites for hydroxylation is 2. The van der Waals surface area contributed by atoms with Crippen molar-refractivity contribution < 1.29 is 18.8 Å². The van der Waals surface area contributed by atoms with Crippen LogP contribution >= 0.6 is 0 Å². The molecule has 0 fully saturated rings. The molecule has 1 aromatic carbocycles. The van der Waals surface area contributed by atoms with Crippen LogP contribution in [0.15, 0.2) is 12.1 Å². The monoisotopic (exact) mass is 380 g/mol. The maximum absolute atomic E-state index is 13.1. The molecule has 0 radical (unpaired) electrons. The average Bonchev–Trinajstić information content (AvgIpc) is 2.61. The van der Waals surface area contributed by atoms with E-state index in [0.29, 0.717) is 24.0 Å². The highest BCUT2D eigenvalue weighted by Crippen LogP contribution is 2.16. The van der Waals surface area contributed by atoms with Crippen LogP contribution in [-0.2, 0) is 16.0 Å². The van der Waals surface area contributed by atoms with Gasteiger partial charge in [-0.15, -0.1) is 0 Å². The van der Waals surface area contributed by atoms with Crippen LogP contribution in [0.1, 0.15) is 95.6 Å². The fourth-order valence-electron chi connectivity index (χ4n) is 1.98. The molecule has 0 amide bonds. The van der Waals surface area contributed by atoms with Gasteiger partial charge in [-0.3, -0.25) is 9.59 Å². The van der Waals surface area contributed by atoms with E-state index in [1.54, 1.807) is 26.8 Å². The molecular weight excluding hydrogens is 343 g/mol. The number of carbonyl (C=O) groups excluding carboxylic acids is 3. The summed E-state index contributed by atoms with van der Waals surface area (Å²) in [4.78, 5) is 32.2. The average molecular weight is 381 g/mol. The van der Waals surface area contributed by atoms with Gasteiger partial charge < -0.3 is 4.79 Å². The van der Waals surface area contributed by atoms with E-state index in [-0.39, 0.29) is 29.1 Å². The maximum Gasteiger partial charge on any atom is 0.160 e. The van der Waals surface area contributed by atoms with E-state index in [1.165, 1.54) is 25.8 Å². The summed E-state index contributed by atoms with van der Waals surface area (Å²) < 4.78 is 13.1. The summed E-state index contributed by atoms with van der Waals surface area (Å²) in [6.07, 6.45) is 4.63. The maximum atomic E-state index is 13.1. The predicted octanol–water partition coefficient (Wildman–Crippen LogP) is 6.29. The minimum Gasteiger partial charge on any atom is -0.300 e. The van der Waals surface area contributed by atoms with Gasteiger partial charge in [0.25, 0.3) is 0 Å². The SMILES string of the molecule is CC(=O)CCC(C)C(C)=O.CCCC.CCc1cc(C)c(F)cc1C(C)=O. The Morgan fingerprint density at radius 1 is 1.00 bits per heavy atom. The molecule has 0 aliphatic rings. The van der Waals surface area contributed by atoms with Crippen molar-refractivity contribution in [1.82, 2.24) is 0 Å². The molecule has 3 nitrogen and oxygen atoms in total. The van der Waals surface area contributed by atoms with Gasteiger partial charge in [0, 0.05) is 17.9 Å². The highest BCUT2D eigenvalue weighted by atomic mass is 19.1. The summed E-state index contributed by atoms with van der Waals surface area (Å²) in [6, 6.07) is 3.07. The van der Waals surface area contributed by atoms with Crippen molar-refractivity contribution in [3.8, 4) is 0 Å². The van der Waals surface area contributed by atoms with Gasteiger partial charge in [-0.25, -0.2) is 4.39 Å². The van der Waals surface area contributed by atoms with Crippen molar-refractivity contribution in [3.05, 3.63) is 34.6 Å². The van der Waals surface area contributed by atoms with E-state index < -0.39 is 0 Å². The summed E-state index contributed by atoms with van der Waals surface area (Å²) in [5.41, 5.74) is 2.03. The largest absolute Gasteiger partial charge is 0.300 e. The molecule has 0 aliphatic heterocycles. The number of Topliss-reactive ketones (excluding diaryl/α,β-unsaturated/α-hetero) is 3. The first kappa shape index (κ1) is 27.4. The van der Waals surface area contributed by atoms with Crippen LogP contribution in [0.5, 0.6) is 0 Å². The number of hydrogen-bond acceptors (Lipinski definition) is 3. The second-order valence-electron chi connectivity index (χ2n) is 6.92. The van der Waals surface area contributed by atoms with Gasteiger partial charge in [0.1, 0.15) is 17.4 Å². The van der Waals surface area contributed by atoms with E-state index in [9.17, 15) is 18.8 Å². The third kappa shape index (κ3) is 13.0. The van der Waals surface area contributed by atoms with Crippen LogP contribution < -0.4 is 0 Å². The fourth-order valence-corrected chi connectivity index (χ4v) is 1.98. The van der Waals surface area contributed by atoms with Crippen LogP contribution in [-0.4, -0.2) is 17.3 Å². The van der Waals surface area contributed by atoms with Gasteiger partial charge in [-0.2, -0.15) is 0 Å². The van der Waals surface area contributed by atoms with Crippen LogP contribution in [0.4, 0.5) is 4.39 Å². The van der Waals surface area contributed by atoms with E-state index in [4.69, 9.17) is 0 Å². The quantitative estimate of drug-likeness (QED) is 0.523. The molecule has 0 aromatic heterocycles. The standard InChI is InChI=1S/C11H13FO.C8H14O2.C4H10/c1-4-9-5-7(2)11(12)6-10(9)8(3)13;1-6(8(3)10)4-5-7(2)9;1-3-4-2/h5-6H,4H2,1-3H3;6H,4-5H2,1-3H3;3-4H2,1-2H3. The lowest BCUT2D eigenvalue weighted by atomic mass is 9.99. The van der Waals surface area contributed by atoms with Crippen LogP contribution in [0, 0.1) is 18.7 Å². The molecule has 1 aromatic rings. The van der Waals surface area contributed by atoms with Gasteiger partial charge in [0.2, 0.25) is 0 Å². The Balaban J connectivity index is 0. The minimum atomic E-state index is -0.303. The van der Waals surface area contributed by atoms with Crippen LogP contribution in [0.25, 0.3) is 0 Å². The number of halogens is 1. The van der Waals surface area contributed by atoms with Crippen molar-refractivity contribution in [1.29, 1.82) is 0 Å². The van der Waals surface area contributed by atoms with Gasteiger partial charge in [-0.05, 0) is 57.7 Å². The van der Waals surface area contributed by atoms with Crippen molar-refractivity contribution in [3.63, 3.8) is 0 Å². The first-order valence-corrected chi connectivity index (χ1v) is 9.81. The molecular formula is C23H37FO3. The van der Waals surface area contributed by atoms with E-state index in [0.717, 1.165) is 12.0 Å². The Bertz CT molecular complexity index is 604. The van der Waals surface area contributed by atoms with Gasteiger partial charge >= 0.3 is 0 Å². The number of carbonyl (C=O) groups is 3. The molecule has 1 atom stereocenters. The Hall–Kier alpha value is -1.84. The minimum absolute atomic E-state index is 0.0453. The second kappa shape index (κ2) is 15.2. The zero-order valence-electron chi connectivity index (χ0n) is 18.4. The Morgan fingerprint density at radius 2 is 1.52 bits per heavy atom. The molecule has 154 valence electrons. The lowest BCUT2D eigenvalue weighted by Crippen LogP contribution is -2.07. The van der Waals surface area contributed by atoms with Crippen molar-refractivity contribution >= 4 is 17.3 Å². The van der Waals surface area contributed by atoms with E-state index in [1.807, 2.05) is 13.8 Å². The zero-order valence-corrected chi connectivity index (χ0v) is 18.4. The van der Waals surface area contributed by atoms with Crippen molar-refractivity contribution in [2.24, 2.45) is 5.92 Å². The molecule has 0 saturated heterocycles. The summed E-state index contributed by atoms with van der Waals surface area (Å²) >= 11 is 0. The van der Waals surface area contributed by atoms with Gasteiger partial charge in [0.05, 0.1) is 0 Å². The predicted molar refractivity (Wildman–Crippen MR) is 111 cm³/mol. The molecule has 0 bridgehead atoms. The molecule has 1 rings (SSSR count). The number of hydrogen-bond donors (Lipinski definition) is 0. The molecule has 4 heteroatoms. The van der Waals surface area contributed by atoms with Crippen LogP contribution in [0.2, 0.25) is 0 Å². The third-order valence-electron chi connectivity index (χ3n) is 4.27. The topological polar surface area (TPSA) is 51.2 Å². The molecule has 0 aliphatic carbocycles. The smallest absolute Gasteiger partial charge is 0.160 e. The zero-order chi connectivity index (χ0) is 21.6. The Morgan fingerprint density at radius 3 is 1.85 bits per heavy atom. The van der Waals surface area contributed by atoms with E-state index >= 15 is 0 Å². The lowest BCUT2D eigenvalue weighted by molar-refractivity contribution is -0.121. The molecule has 27 heavy (non-hydrogen) atoms. The summed E-state index contributed by atoms with van der Waals surface area (Å²) in [5, 5.41) is 0. The summed E-state index contributed by atoms with van der Waals surface area (Å²) in [7, 11) is 0. The first-order valence-electron chi connectivity index (χ1n) is 9.81. The number of rotatable bonds is 7. The fraction of sp³-hybridized carbons (Fsp3) is 0.609. The van der Waals surface area contributed by atoms with Crippen molar-refractivity contribution in [2.45, 2.75) is 87.5 Å². The highest BCUT2D eigenvalue weighted by Gasteiger charge is 2.09. The third-order valence-corrected chi connectivity index (χ3v) is 4.27. The molecule has 0 spiro atoms. The molecule has 0 N–H and O–H groups in total. The number of benzene rings is 1. The molecule has 0 heterocycles. The van der Waals surface area contributed by atoms with Crippen LogP contribution in [0.3, 0.4) is 0 Å². The molecule has 0 saturated carbocycles. The molecule has 1 unspecified atom stereocenters. The Kier molecular flexibility index (Phi) is 15.5. The second-order valence-corrected chi connectivity index (χ2v) is 6.92. The lowest BCUT2D eigenvalue weighted by Gasteiger charge is -2.06. The van der Waals surface area contributed by atoms with Crippen molar-refractivity contribution in [2.75, 3.05) is 0 Å². The number of unbranched alkanes of at least 4 members (excludes halogenated alkanes) is 1. The van der Waals surface area contributed by atoms with Gasteiger partial charge in [-0.1, -0.05) is 46.6 Å². The first-order chi connectivity index (χ1) is 12.5. The summed E-state index contributed by atoms with van der Waals surface area (Å²) in [5.74, 6) is -0.00333. The Labute approximate surface area is 164 Å². The van der Waals surface area contributed by atoms with Gasteiger partial charge in [0.15, 0.2) is 5.78 Å². The summed E-state index contributed by atoms with van der Waals surface area (Å²) in [6.45, 7) is 14.4. The number of ketones is 3.